The lowest BCUT2D eigenvalue weighted by atomic mass is 9.35. The monoisotopic (exact) mass is 360 g/mol. The van der Waals surface area contributed by atoms with Crippen molar-refractivity contribution >= 4 is 45.0 Å². The molecule has 0 saturated carbocycles. The lowest BCUT2D eigenvalue weighted by Crippen LogP contribution is -2.57. The van der Waals surface area contributed by atoms with Gasteiger partial charge in [0.2, 0.25) is 0 Å². The highest BCUT2D eigenvalue weighted by Gasteiger charge is 2.40. The average molecular weight is 360 g/mol. The summed E-state index contributed by atoms with van der Waals surface area (Å²) in [6.45, 7) is 0.0814. The summed E-state index contributed by atoms with van der Waals surface area (Å²) in [5.41, 5.74) is 5.15. The maximum absolute atomic E-state index is 6.30. The molecule has 3 nitrogen and oxygen atoms in total. The van der Waals surface area contributed by atoms with Crippen molar-refractivity contribution < 1.29 is 13.9 Å². The van der Waals surface area contributed by atoms with Gasteiger partial charge in [0.1, 0.15) is 34.2 Å². The third-order valence-corrected chi connectivity index (χ3v) is 5.80. The number of hydrogen-bond acceptors (Lipinski definition) is 3. The van der Waals surface area contributed by atoms with Gasteiger partial charge in [-0.15, -0.1) is 0 Å². The Morgan fingerprint density at radius 1 is 0.536 bits per heavy atom. The van der Waals surface area contributed by atoms with Crippen LogP contribution in [0.1, 0.15) is 0 Å². The first-order valence-electron chi connectivity index (χ1n) is 9.39. The zero-order valence-corrected chi connectivity index (χ0v) is 14.8. The number of benzene rings is 4. The standard InChI is InChI=1S/C24H13BO3/c1-3-8-18-14(6-1)15-12-17-23(13-22(15)26-18)28-21-11-5-10-20-24(21)25(17)16-7-2-4-9-19(16)27-20/h1-13H. The van der Waals surface area contributed by atoms with Crippen LogP contribution < -0.4 is 25.9 Å². The Morgan fingerprint density at radius 2 is 1.29 bits per heavy atom. The second-order valence-corrected chi connectivity index (χ2v) is 7.33. The van der Waals surface area contributed by atoms with Crippen molar-refractivity contribution in [1.82, 2.24) is 0 Å². The van der Waals surface area contributed by atoms with Crippen LogP contribution in [0.3, 0.4) is 0 Å². The van der Waals surface area contributed by atoms with Gasteiger partial charge in [-0.1, -0.05) is 48.5 Å². The third kappa shape index (κ3) is 1.75. The summed E-state index contributed by atoms with van der Waals surface area (Å²) in [5, 5.41) is 2.24. The van der Waals surface area contributed by atoms with E-state index < -0.39 is 0 Å². The number of furan rings is 1. The number of hydrogen-bond donors (Lipinski definition) is 0. The van der Waals surface area contributed by atoms with Crippen molar-refractivity contribution in [2.75, 3.05) is 0 Å². The second-order valence-electron chi connectivity index (χ2n) is 7.33. The van der Waals surface area contributed by atoms with Gasteiger partial charge >= 0.3 is 0 Å². The normalized spacial score (nSPS) is 13.5. The molecule has 3 heterocycles. The molecule has 0 radical (unpaired) electrons. The molecular weight excluding hydrogens is 347 g/mol. The summed E-state index contributed by atoms with van der Waals surface area (Å²) < 4.78 is 18.6. The number of rotatable bonds is 0. The Labute approximate surface area is 161 Å². The second kappa shape index (κ2) is 4.99. The first kappa shape index (κ1) is 14.4. The van der Waals surface area contributed by atoms with Gasteiger partial charge < -0.3 is 13.9 Å². The van der Waals surface area contributed by atoms with E-state index in [0.717, 1.165) is 55.9 Å². The van der Waals surface area contributed by atoms with Crippen LogP contribution in [0.25, 0.3) is 21.9 Å². The average Bonchev–Trinajstić information content (AvgIpc) is 3.09. The summed E-state index contributed by atoms with van der Waals surface area (Å²) in [6, 6.07) is 26.7. The fourth-order valence-electron chi connectivity index (χ4n) is 4.60. The summed E-state index contributed by atoms with van der Waals surface area (Å²) in [7, 11) is 0. The topological polar surface area (TPSA) is 31.6 Å². The molecule has 5 aromatic rings. The van der Waals surface area contributed by atoms with Crippen LogP contribution in [0.2, 0.25) is 0 Å². The molecule has 4 heteroatoms. The predicted octanol–water partition coefficient (Wildman–Crippen LogP) is 4.31. The molecule has 0 fully saturated rings. The van der Waals surface area contributed by atoms with Gasteiger partial charge in [-0.25, -0.2) is 0 Å². The highest BCUT2D eigenvalue weighted by molar-refractivity contribution is 6.98. The number of para-hydroxylation sites is 2. The van der Waals surface area contributed by atoms with Crippen LogP contribution in [-0.2, 0) is 0 Å². The van der Waals surface area contributed by atoms with Gasteiger partial charge in [0.05, 0.1) is 0 Å². The fraction of sp³-hybridized carbons (Fsp3) is 0. The Bertz CT molecular complexity index is 1430. The summed E-state index contributed by atoms with van der Waals surface area (Å²) in [5.74, 6) is 3.46. The smallest absolute Gasteiger partial charge is 0.260 e. The predicted molar refractivity (Wildman–Crippen MR) is 111 cm³/mol. The fourth-order valence-corrected chi connectivity index (χ4v) is 4.60. The van der Waals surface area contributed by atoms with Gasteiger partial charge in [0.15, 0.2) is 0 Å². The minimum atomic E-state index is 0.0814. The van der Waals surface area contributed by atoms with Crippen molar-refractivity contribution in [3.8, 4) is 23.0 Å². The van der Waals surface area contributed by atoms with Crippen molar-refractivity contribution in [1.29, 1.82) is 0 Å². The Kier molecular flexibility index (Phi) is 2.57. The quantitative estimate of drug-likeness (QED) is 0.378. The van der Waals surface area contributed by atoms with Crippen molar-refractivity contribution in [2.45, 2.75) is 0 Å². The first-order chi connectivity index (χ1) is 13.9. The minimum absolute atomic E-state index is 0.0814. The molecule has 0 aliphatic carbocycles. The van der Waals surface area contributed by atoms with E-state index >= 15 is 0 Å². The molecule has 130 valence electrons. The zero-order valence-electron chi connectivity index (χ0n) is 14.8. The molecule has 0 spiro atoms. The van der Waals surface area contributed by atoms with Gasteiger partial charge in [-0.3, -0.25) is 0 Å². The van der Waals surface area contributed by atoms with E-state index in [-0.39, 0.29) is 6.71 Å². The van der Waals surface area contributed by atoms with Crippen LogP contribution in [-0.4, -0.2) is 6.71 Å². The van der Waals surface area contributed by atoms with Gasteiger partial charge in [-0.05, 0) is 35.2 Å². The van der Waals surface area contributed by atoms with Crippen molar-refractivity contribution in [3.63, 3.8) is 0 Å². The maximum Gasteiger partial charge on any atom is 0.260 e. The Morgan fingerprint density at radius 3 is 2.21 bits per heavy atom. The van der Waals surface area contributed by atoms with Crippen LogP contribution in [0.4, 0.5) is 0 Å². The molecule has 28 heavy (non-hydrogen) atoms. The third-order valence-electron chi connectivity index (χ3n) is 5.80. The van der Waals surface area contributed by atoms with Gasteiger partial charge in [0, 0.05) is 22.3 Å². The molecule has 0 unspecified atom stereocenters. The lowest BCUT2D eigenvalue weighted by Gasteiger charge is -2.32. The van der Waals surface area contributed by atoms with E-state index in [9.17, 15) is 0 Å². The molecule has 0 bridgehead atoms. The van der Waals surface area contributed by atoms with Crippen LogP contribution in [0.5, 0.6) is 23.0 Å². The molecule has 2 aliphatic rings. The zero-order chi connectivity index (χ0) is 18.2. The van der Waals surface area contributed by atoms with Crippen LogP contribution in [0.15, 0.2) is 83.3 Å². The molecule has 4 aromatic carbocycles. The molecule has 7 rings (SSSR count). The highest BCUT2D eigenvalue weighted by Crippen LogP contribution is 2.37. The van der Waals surface area contributed by atoms with Gasteiger partial charge in [-0.2, -0.15) is 0 Å². The van der Waals surface area contributed by atoms with E-state index in [1.807, 2.05) is 54.6 Å². The van der Waals surface area contributed by atoms with E-state index in [1.54, 1.807) is 0 Å². The molecule has 0 atom stereocenters. The van der Waals surface area contributed by atoms with Crippen molar-refractivity contribution in [3.05, 3.63) is 78.9 Å². The van der Waals surface area contributed by atoms with E-state index in [4.69, 9.17) is 13.9 Å². The Hall–Kier alpha value is -3.66. The summed E-state index contributed by atoms with van der Waals surface area (Å²) in [6.07, 6.45) is 0. The van der Waals surface area contributed by atoms with Crippen LogP contribution >= 0.6 is 0 Å². The molecule has 2 aliphatic heterocycles. The molecule has 0 N–H and O–H groups in total. The van der Waals surface area contributed by atoms with Crippen molar-refractivity contribution in [2.24, 2.45) is 0 Å². The maximum atomic E-state index is 6.30. The molecular formula is C24H13BO3. The lowest BCUT2D eigenvalue weighted by molar-refractivity contribution is 0.464. The molecule has 0 saturated heterocycles. The summed E-state index contributed by atoms with van der Waals surface area (Å²) in [4.78, 5) is 0. The van der Waals surface area contributed by atoms with Gasteiger partial charge in [0.25, 0.3) is 6.71 Å². The largest absolute Gasteiger partial charge is 0.458 e. The summed E-state index contributed by atoms with van der Waals surface area (Å²) >= 11 is 0. The van der Waals surface area contributed by atoms with Crippen LogP contribution in [0, 0.1) is 0 Å². The Balaban J connectivity index is 1.59. The number of fused-ring (bicyclic) bond motifs is 7. The number of ether oxygens (including phenoxy) is 2. The highest BCUT2D eigenvalue weighted by atomic mass is 16.5. The van der Waals surface area contributed by atoms with E-state index in [1.165, 1.54) is 5.46 Å². The SMILES string of the molecule is c1ccc2c(c1)Oc1cccc3c1B2c1cc2c(cc1O3)oc1ccccc12. The molecule has 1 aromatic heterocycles. The minimum Gasteiger partial charge on any atom is -0.458 e. The van der Waals surface area contributed by atoms with E-state index in [0.29, 0.717) is 0 Å². The van der Waals surface area contributed by atoms with E-state index in [2.05, 4.69) is 24.3 Å². The first-order valence-corrected chi connectivity index (χ1v) is 9.39. The molecule has 0 amide bonds.